The molecule has 2 aromatic carbocycles. The summed E-state index contributed by atoms with van der Waals surface area (Å²) in [5.74, 6) is 1.46. The first-order valence-corrected chi connectivity index (χ1v) is 14.3. The highest BCUT2D eigenvalue weighted by atomic mass is 35.5. The molecule has 6 rings (SSSR count). The van der Waals surface area contributed by atoms with Crippen molar-refractivity contribution in [2.24, 2.45) is 11.8 Å². The molecular formula is C31H32Cl2N2O3. The topological polar surface area (TPSA) is 79.3 Å². The molecule has 5 nitrogen and oxygen atoms in total. The van der Waals surface area contributed by atoms with Crippen molar-refractivity contribution in [2.45, 2.75) is 82.0 Å². The maximum absolute atomic E-state index is 12.1. The lowest BCUT2D eigenvalue weighted by molar-refractivity contribution is -0.116. The van der Waals surface area contributed by atoms with E-state index in [9.17, 15) is 10.4 Å². The predicted molar refractivity (Wildman–Crippen MR) is 147 cm³/mol. The molecule has 198 valence electrons. The number of fused-ring (bicyclic) bond motifs is 2. The molecule has 38 heavy (non-hydrogen) atoms. The lowest BCUT2D eigenvalue weighted by Crippen LogP contribution is -2.44. The summed E-state index contributed by atoms with van der Waals surface area (Å²) in [6.45, 7) is 4.21. The first-order chi connectivity index (χ1) is 18.2. The van der Waals surface area contributed by atoms with Crippen LogP contribution in [0.15, 0.2) is 47.0 Å². The van der Waals surface area contributed by atoms with E-state index in [0.717, 1.165) is 61.0 Å². The molecule has 7 heteroatoms. The number of halogens is 2. The summed E-state index contributed by atoms with van der Waals surface area (Å²) in [5, 5.41) is 27.2. The third-order valence-corrected chi connectivity index (χ3v) is 9.59. The number of nitriles is 1. The number of rotatable bonds is 7. The highest BCUT2D eigenvalue weighted by Gasteiger charge is 2.54. The second kappa shape index (κ2) is 9.68. The Balaban J connectivity index is 1.23. The number of hydrogen-bond donors (Lipinski definition) is 1. The molecule has 0 unspecified atom stereocenters. The molecule has 0 radical (unpaired) electrons. The van der Waals surface area contributed by atoms with E-state index >= 15 is 0 Å². The molecule has 0 aliphatic heterocycles. The minimum atomic E-state index is -0.895. The molecule has 3 saturated carbocycles. The van der Waals surface area contributed by atoms with Gasteiger partial charge in [0, 0.05) is 17.0 Å². The number of hydrogen-bond acceptors (Lipinski definition) is 5. The zero-order chi connectivity index (χ0) is 26.7. The fourth-order valence-electron chi connectivity index (χ4n) is 6.58. The van der Waals surface area contributed by atoms with Crippen LogP contribution >= 0.6 is 23.2 Å². The highest BCUT2D eigenvalue weighted by Crippen LogP contribution is 2.56. The molecular weight excluding hydrogens is 519 g/mol. The zero-order valence-corrected chi connectivity index (χ0v) is 23.2. The Morgan fingerprint density at radius 2 is 1.74 bits per heavy atom. The zero-order valence-electron chi connectivity index (χ0n) is 21.7. The van der Waals surface area contributed by atoms with Crippen molar-refractivity contribution in [1.29, 1.82) is 5.26 Å². The van der Waals surface area contributed by atoms with Gasteiger partial charge < -0.3 is 14.4 Å². The normalized spacial score (nSPS) is 26.9. The SMILES string of the molecule is CC(C)(C#N)c1cccc([C@@]2(O)[C@@H]3CC[C@H]2C[C@@H](OCc2c(-c4c(Cl)cccc4Cl)noc2C2CC2)C3)c1. The van der Waals surface area contributed by atoms with Crippen molar-refractivity contribution >= 4 is 23.2 Å². The first kappa shape index (κ1) is 25.9. The van der Waals surface area contributed by atoms with E-state index in [1.54, 1.807) is 0 Å². The van der Waals surface area contributed by atoms with Gasteiger partial charge in [-0.25, -0.2) is 0 Å². The van der Waals surface area contributed by atoms with Gasteiger partial charge >= 0.3 is 0 Å². The monoisotopic (exact) mass is 550 g/mol. The first-order valence-electron chi connectivity index (χ1n) is 13.5. The molecule has 3 aliphatic carbocycles. The van der Waals surface area contributed by atoms with Crippen molar-refractivity contribution in [2.75, 3.05) is 0 Å². The van der Waals surface area contributed by atoms with Gasteiger partial charge in [-0.05, 0) is 87.5 Å². The lowest BCUT2D eigenvalue weighted by atomic mass is 9.69. The third-order valence-electron chi connectivity index (χ3n) is 8.96. The molecule has 3 fully saturated rings. The van der Waals surface area contributed by atoms with Gasteiger partial charge in [0.1, 0.15) is 11.5 Å². The summed E-state index contributed by atoms with van der Waals surface area (Å²) < 4.78 is 12.4. The van der Waals surface area contributed by atoms with E-state index in [1.807, 2.05) is 56.3 Å². The molecule has 0 amide bonds. The standard InChI is InChI=1S/C31H32Cl2N2O3/c1-30(2,17-34)19-5-3-6-20(13-19)31(36)21-11-12-22(31)15-23(14-21)37-16-24-28(35-38-29(24)18-9-10-18)27-25(32)7-4-8-26(27)33/h3-8,13,18,21-23,36H,9-12,14-16H2,1-2H3/t21-,22+,23+,31-. The average molecular weight is 552 g/mol. The van der Waals surface area contributed by atoms with Crippen LogP contribution in [0.4, 0.5) is 0 Å². The summed E-state index contributed by atoms with van der Waals surface area (Å²) in [5.41, 5.74) is 2.64. The number of aromatic nitrogens is 1. The summed E-state index contributed by atoms with van der Waals surface area (Å²) in [6, 6.07) is 15.8. The van der Waals surface area contributed by atoms with E-state index in [-0.39, 0.29) is 17.9 Å². The van der Waals surface area contributed by atoms with Gasteiger partial charge in [0.15, 0.2) is 0 Å². The summed E-state index contributed by atoms with van der Waals surface area (Å²) in [7, 11) is 0. The fourth-order valence-corrected chi connectivity index (χ4v) is 7.16. The van der Waals surface area contributed by atoms with E-state index in [0.29, 0.717) is 33.8 Å². The Kier molecular flexibility index (Phi) is 6.60. The van der Waals surface area contributed by atoms with Crippen LogP contribution in [0, 0.1) is 23.2 Å². The lowest BCUT2D eigenvalue weighted by Gasteiger charge is -2.43. The molecule has 3 aliphatic rings. The van der Waals surface area contributed by atoms with Crippen LogP contribution in [0.1, 0.15) is 80.7 Å². The molecule has 0 spiro atoms. The number of benzene rings is 2. The molecule has 0 saturated heterocycles. The van der Waals surface area contributed by atoms with Crippen LogP contribution in [0.5, 0.6) is 0 Å². The van der Waals surface area contributed by atoms with Gasteiger partial charge in [-0.3, -0.25) is 0 Å². The van der Waals surface area contributed by atoms with E-state index < -0.39 is 11.0 Å². The van der Waals surface area contributed by atoms with Gasteiger partial charge in [-0.1, -0.05) is 58.7 Å². The van der Waals surface area contributed by atoms with Gasteiger partial charge in [0.05, 0.1) is 39.8 Å². The molecule has 1 aromatic heterocycles. The van der Waals surface area contributed by atoms with Crippen LogP contribution in [-0.4, -0.2) is 16.4 Å². The summed E-state index contributed by atoms with van der Waals surface area (Å²) >= 11 is 13.0. The largest absolute Gasteiger partial charge is 0.385 e. The van der Waals surface area contributed by atoms with Gasteiger partial charge in [-0.15, -0.1) is 0 Å². The second-order valence-corrected chi connectivity index (χ2v) is 12.6. The second-order valence-electron chi connectivity index (χ2n) is 11.8. The van der Waals surface area contributed by atoms with Crippen LogP contribution < -0.4 is 0 Å². The van der Waals surface area contributed by atoms with Crippen molar-refractivity contribution < 1.29 is 14.4 Å². The molecule has 1 N–H and O–H groups in total. The Labute approximate surface area is 233 Å². The van der Waals surface area contributed by atoms with Crippen LogP contribution in [0.2, 0.25) is 10.0 Å². The number of nitrogens with zero attached hydrogens (tertiary/aromatic N) is 2. The molecule has 3 aromatic rings. The summed E-state index contributed by atoms with van der Waals surface area (Å²) in [4.78, 5) is 0. The Hall–Kier alpha value is -2.36. The Bertz CT molecular complexity index is 1370. The third kappa shape index (κ3) is 4.36. The predicted octanol–water partition coefficient (Wildman–Crippen LogP) is 7.92. The van der Waals surface area contributed by atoms with E-state index in [1.165, 1.54) is 0 Å². The molecule has 2 bridgehead atoms. The minimum absolute atomic E-state index is 0.0306. The number of ether oxygens (including phenoxy) is 1. The van der Waals surface area contributed by atoms with Gasteiger partial charge in [0.2, 0.25) is 0 Å². The van der Waals surface area contributed by atoms with Crippen LogP contribution in [0.25, 0.3) is 11.3 Å². The maximum Gasteiger partial charge on any atom is 0.145 e. The highest BCUT2D eigenvalue weighted by molar-refractivity contribution is 6.39. The van der Waals surface area contributed by atoms with Gasteiger partial charge in [-0.2, -0.15) is 5.26 Å². The van der Waals surface area contributed by atoms with E-state index in [2.05, 4.69) is 11.2 Å². The average Bonchev–Trinajstić information content (AvgIpc) is 3.65. The quantitative estimate of drug-likeness (QED) is 0.323. The van der Waals surface area contributed by atoms with Crippen LogP contribution in [0.3, 0.4) is 0 Å². The smallest absolute Gasteiger partial charge is 0.145 e. The Morgan fingerprint density at radius 1 is 1.08 bits per heavy atom. The maximum atomic E-state index is 12.1. The fraction of sp³-hybridized carbons (Fsp3) is 0.484. The number of aliphatic hydroxyl groups is 1. The molecule has 1 heterocycles. The minimum Gasteiger partial charge on any atom is -0.385 e. The van der Waals surface area contributed by atoms with Crippen molar-refractivity contribution in [3.8, 4) is 17.3 Å². The Morgan fingerprint density at radius 3 is 2.37 bits per heavy atom. The van der Waals surface area contributed by atoms with Crippen LogP contribution in [-0.2, 0) is 22.4 Å². The van der Waals surface area contributed by atoms with Gasteiger partial charge in [0.25, 0.3) is 0 Å². The van der Waals surface area contributed by atoms with Crippen molar-refractivity contribution in [1.82, 2.24) is 5.16 Å². The molecule has 4 atom stereocenters. The van der Waals surface area contributed by atoms with Crippen molar-refractivity contribution in [3.05, 3.63) is 75.0 Å². The van der Waals surface area contributed by atoms with E-state index in [4.69, 9.17) is 32.5 Å². The van der Waals surface area contributed by atoms with Crippen molar-refractivity contribution in [3.63, 3.8) is 0 Å². The summed E-state index contributed by atoms with van der Waals surface area (Å²) in [6.07, 6.45) is 5.70.